The molecule has 0 radical (unpaired) electrons. The Balaban J connectivity index is 2.51. The lowest BCUT2D eigenvalue weighted by molar-refractivity contribution is 0.272. The van der Waals surface area contributed by atoms with Gasteiger partial charge in [-0.05, 0) is 44.3 Å². The van der Waals surface area contributed by atoms with Gasteiger partial charge in [-0.2, -0.15) is 0 Å². The van der Waals surface area contributed by atoms with Crippen LogP contribution in [0.4, 0.5) is 0 Å². The lowest BCUT2D eigenvalue weighted by Crippen LogP contribution is -2.39. The van der Waals surface area contributed by atoms with E-state index >= 15 is 0 Å². The molecule has 2 rings (SSSR count). The van der Waals surface area contributed by atoms with E-state index in [0.717, 1.165) is 18.4 Å². The van der Waals surface area contributed by atoms with E-state index in [-0.39, 0.29) is 0 Å². The van der Waals surface area contributed by atoms with Crippen LogP contribution < -0.4 is 0 Å². The molecule has 0 amide bonds. The first-order valence-electron chi connectivity index (χ1n) is 9.73. The maximum absolute atomic E-state index is 4.16. The van der Waals surface area contributed by atoms with Crippen LogP contribution in [0.3, 0.4) is 0 Å². The SMILES string of the molecule is C=CC1=C(CCC)C(C)[C@H](/C=C\C(=C)C)N1C1C=CCC(C)C=C1C. The minimum atomic E-state index is 0.314. The van der Waals surface area contributed by atoms with Gasteiger partial charge in [-0.3, -0.25) is 0 Å². The van der Waals surface area contributed by atoms with Gasteiger partial charge in [0, 0.05) is 11.6 Å². The van der Waals surface area contributed by atoms with Crippen molar-refractivity contribution in [2.24, 2.45) is 11.8 Å². The van der Waals surface area contributed by atoms with E-state index in [0.29, 0.717) is 23.9 Å². The molecule has 1 aliphatic carbocycles. The fourth-order valence-electron chi connectivity index (χ4n) is 4.23. The number of hydrogen-bond donors (Lipinski definition) is 0. The highest BCUT2D eigenvalue weighted by Gasteiger charge is 2.38. The average molecular weight is 338 g/mol. The molecular weight excluding hydrogens is 302 g/mol. The summed E-state index contributed by atoms with van der Waals surface area (Å²) in [4.78, 5) is 2.59. The van der Waals surface area contributed by atoms with Gasteiger partial charge in [0.1, 0.15) is 0 Å². The van der Waals surface area contributed by atoms with Crippen molar-refractivity contribution < 1.29 is 0 Å². The molecule has 0 saturated heterocycles. The van der Waals surface area contributed by atoms with Crippen LogP contribution in [0, 0.1) is 11.8 Å². The number of allylic oxidation sites excluding steroid dienone is 5. The predicted molar refractivity (Wildman–Crippen MR) is 111 cm³/mol. The standard InChI is InChI=1S/C24H35N/c1-8-11-21-20(7)24(15-14-17(3)4)25(22(21)9-2)23-13-10-12-18(5)16-19(23)6/h9-10,13-16,18,20,23-24H,2-3,8,11-12H2,1,4-7H3/b15-14-/t18?,20?,23?,24-/m0/s1. The molecule has 3 unspecified atom stereocenters. The second-order valence-electron chi connectivity index (χ2n) is 7.75. The van der Waals surface area contributed by atoms with Crippen LogP contribution in [-0.2, 0) is 0 Å². The molecule has 2 aliphatic rings. The summed E-state index contributed by atoms with van der Waals surface area (Å²) in [6.45, 7) is 19.5. The first-order valence-corrected chi connectivity index (χ1v) is 9.73. The highest BCUT2D eigenvalue weighted by Crippen LogP contribution is 2.41. The maximum Gasteiger partial charge on any atom is 0.0690 e. The lowest BCUT2D eigenvalue weighted by Gasteiger charge is -2.36. The van der Waals surface area contributed by atoms with Gasteiger partial charge in [-0.25, -0.2) is 0 Å². The zero-order valence-corrected chi connectivity index (χ0v) is 16.8. The van der Waals surface area contributed by atoms with Crippen molar-refractivity contribution >= 4 is 0 Å². The van der Waals surface area contributed by atoms with Gasteiger partial charge in [0.15, 0.2) is 0 Å². The molecule has 136 valence electrons. The third-order valence-corrected chi connectivity index (χ3v) is 5.42. The maximum atomic E-state index is 4.16. The summed E-state index contributed by atoms with van der Waals surface area (Å²) in [5.41, 5.74) is 5.43. The third kappa shape index (κ3) is 4.26. The Morgan fingerprint density at radius 2 is 2.08 bits per heavy atom. The van der Waals surface area contributed by atoms with Gasteiger partial charge in [0.25, 0.3) is 0 Å². The predicted octanol–water partition coefficient (Wildman–Crippen LogP) is 6.59. The Labute approximate surface area is 155 Å². The molecule has 0 aromatic heterocycles. The van der Waals surface area contributed by atoms with E-state index in [4.69, 9.17) is 0 Å². The fraction of sp³-hybridized carbons (Fsp3) is 0.500. The molecule has 25 heavy (non-hydrogen) atoms. The summed E-state index contributed by atoms with van der Waals surface area (Å²) in [6.07, 6.45) is 17.2. The van der Waals surface area contributed by atoms with Gasteiger partial charge in [0.2, 0.25) is 0 Å². The minimum absolute atomic E-state index is 0.314. The highest BCUT2D eigenvalue weighted by molar-refractivity contribution is 5.39. The first-order chi connectivity index (χ1) is 11.9. The van der Waals surface area contributed by atoms with E-state index in [1.807, 2.05) is 0 Å². The number of rotatable bonds is 6. The first kappa shape index (κ1) is 19.6. The van der Waals surface area contributed by atoms with Crippen molar-refractivity contribution in [2.75, 3.05) is 0 Å². The molecule has 0 bridgehead atoms. The molecule has 0 fully saturated rings. The van der Waals surface area contributed by atoms with E-state index in [1.54, 1.807) is 5.57 Å². The third-order valence-electron chi connectivity index (χ3n) is 5.42. The van der Waals surface area contributed by atoms with Crippen molar-refractivity contribution in [1.82, 2.24) is 4.90 Å². The van der Waals surface area contributed by atoms with Crippen LogP contribution in [0.15, 0.2) is 72.0 Å². The van der Waals surface area contributed by atoms with Crippen molar-refractivity contribution in [2.45, 2.75) is 66.0 Å². The average Bonchev–Trinajstić information content (AvgIpc) is 2.68. The van der Waals surface area contributed by atoms with Crippen molar-refractivity contribution in [1.29, 1.82) is 0 Å². The molecule has 4 atom stereocenters. The second-order valence-corrected chi connectivity index (χ2v) is 7.75. The van der Waals surface area contributed by atoms with Gasteiger partial charge in [0.05, 0.1) is 12.1 Å². The molecule has 0 saturated carbocycles. The summed E-state index contributed by atoms with van der Waals surface area (Å²) >= 11 is 0. The molecule has 1 nitrogen and oxygen atoms in total. The normalized spacial score (nSPS) is 30.0. The van der Waals surface area contributed by atoms with Gasteiger partial charge in [-0.1, -0.05) is 81.9 Å². The van der Waals surface area contributed by atoms with Crippen LogP contribution in [0.2, 0.25) is 0 Å². The molecule has 1 aliphatic heterocycles. The summed E-state index contributed by atoms with van der Waals surface area (Å²) in [5, 5.41) is 0. The number of nitrogens with zero attached hydrogens (tertiary/aromatic N) is 1. The Morgan fingerprint density at radius 3 is 2.68 bits per heavy atom. The van der Waals surface area contributed by atoms with E-state index < -0.39 is 0 Å². The largest absolute Gasteiger partial charge is 0.354 e. The van der Waals surface area contributed by atoms with Gasteiger partial charge < -0.3 is 4.90 Å². The van der Waals surface area contributed by atoms with Crippen LogP contribution >= 0.6 is 0 Å². The van der Waals surface area contributed by atoms with Crippen LogP contribution in [0.5, 0.6) is 0 Å². The molecule has 1 heterocycles. The zero-order chi connectivity index (χ0) is 18.6. The summed E-state index contributed by atoms with van der Waals surface area (Å²) in [7, 11) is 0. The Morgan fingerprint density at radius 1 is 1.36 bits per heavy atom. The quantitative estimate of drug-likeness (QED) is 0.390. The molecular formula is C24H35N. The summed E-state index contributed by atoms with van der Waals surface area (Å²) in [6, 6.07) is 0.673. The minimum Gasteiger partial charge on any atom is -0.354 e. The lowest BCUT2D eigenvalue weighted by atomic mass is 9.92. The monoisotopic (exact) mass is 337 g/mol. The Hall–Kier alpha value is -1.76. The van der Waals surface area contributed by atoms with Gasteiger partial charge >= 0.3 is 0 Å². The van der Waals surface area contributed by atoms with E-state index in [9.17, 15) is 0 Å². The van der Waals surface area contributed by atoms with E-state index in [1.165, 1.54) is 17.7 Å². The second kappa shape index (κ2) is 8.56. The van der Waals surface area contributed by atoms with Crippen LogP contribution in [0.1, 0.15) is 53.9 Å². The Bertz CT molecular complexity index is 628. The van der Waals surface area contributed by atoms with Crippen molar-refractivity contribution in [3.05, 3.63) is 72.0 Å². The molecule has 1 heteroatoms. The smallest absolute Gasteiger partial charge is 0.0690 e. The van der Waals surface area contributed by atoms with Gasteiger partial charge in [-0.15, -0.1) is 0 Å². The van der Waals surface area contributed by atoms with Crippen molar-refractivity contribution in [3.8, 4) is 0 Å². The molecule has 0 N–H and O–H groups in total. The molecule has 0 aromatic rings. The highest BCUT2D eigenvalue weighted by atomic mass is 15.2. The summed E-state index contributed by atoms with van der Waals surface area (Å²) < 4.78 is 0. The number of hydrogen-bond acceptors (Lipinski definition) is 1. The van der Waals surface area contributed by atoms with E-state index in [2.05, 4.69) is 89.1 Å². The zero-order valence-electron chi connectivity index (χ0n) is 16.8. The van der Waals surface area contributed by atoms with Crippen LogP contribution in [0.25, 0.3) is 0 Å². The summed E-state index contributed by atoms with van der Waals surface area (Å²) in [5.74, 6) is 1.11. The fourth-order valence-corrected chi connectivity index (χ4v) is 4.23. The van der Waals surface area contributed by atoms with Crippen LogP contribution in [-0.4, -0.2) is 17.0 Å². The molecule has 0 aromatic carbocycles. The van der Waals surface area contributed by atoms with Crippen molar-refractivity contribution in [3.63, 3.8) is 0 Å². The molecule has 0 spiro atoms. The topological polar surface area (TPSA) is 3.24 Å². The Kier molecular flexibility index (Phi) is 6.70.